The summed E-state index contributed by atoms with van der Waals surface area (Å²) in [5.41, 5.74) is 1.74. The molecule has 0 fully saturated rings. The van der Waals surface area contributed by atoms with Crippen molar-refractivity contribution in [3.05, 3.63) is 59.4 Å². The molecule has 1 unspecified atom stereocenters. The Morgan fingerprint density at radius 1 is 1.27 bits per heavy atom. The van der Waals surface area contributed by atoms with Crippen LogP contribution in [0.4, 0.5) is 5.13 Å². The van der Waals surface area contributed by atoms with Crippen molar-refractivity contribution in [2.75, 3.05) is 18.2 Å². The second-order valence-corrected chi connectivity index (χ2v) is 8.99. The van der Waals surface area contributed by atoms with Gasteiger partial charge in [0, 0.05) is 11.9 Å². The summed E-state index contributed by atoms with van der Waals surface area (Å²) in [7, 11) is 1.60. The lowest BCUT2D eigenvalue weighted by atomic mass is 10.1. The summed E-state index contributed by atoms with van der Waals surface area (Å²) in [6.45, 7) is 7.97. The highest BCUT2D eigenvalue weighted by atomic mass is 32.2. The Bertz CT molecular complexity index is 1110. The Kier molecular flexibility index (Phi) is 8.61. The average molecular weight is 487 g/mol. The Hall–Kier alpha value is -3.18. The van der Waals surface area contributed by atoms with E-state index >= 15 is 0 Å². The van der Waals surface area contributed by atoms with Crippen LogP contribution in [0.1, 0.15) is 30.0 Å². The van der Waals surface area contributed by atoms with E-state index in [0.29, 0.717) is 22.7 Å². The fourth-order valence-corrected chi connectivity index (χ4v) is 4.47. The zero-order chi connectivity index (χ0) is 23.8. The fraction of sp³-hybridized carbons (Fsp3) is 0.318. The Balaban J connectivity index is 1.60. The van der Waals surface area contributed by atoms with E-state index in [1.54, 1.807) is 13.2 Å². The highest BCUT2D eigenvalue weighted by Crippen LogP contribution is 2.22. The van der Waals surface area contributed by atoms with Crippen molar-refractivity contribution in [3.63, 3.8) is 0 Å². The minimum atomic E-state index is -0.371. The topological polar surface area (TPSA) is 111 Å². The Labute approximate surface area is 200 Å². The molecule has 0 radical (unpaired) electrons. The van der Waals surface area contributed by atoms with Crippen LogP contribution in [-0.2, 0) is 22.6 Å². The number of thioether (sulfide) groups is 1. The molecule has 2 amide bonds. The van der Waals surface area contributed by atoms with Gasteiger partial charge in [0.1, 0.15) is 5.75 Å². The van der Waals surface area contributed by atoms with Crippen molar-refractivity contribution in [1.82, 2.24) is 25.1 Å². The molecule has 2 aromatic heterocycles. The number of nitrogens with zero attached hydrogens (tertiary/aromatic N) is 4. The van der Waals surface area contributed by atoms with Gasteiger partial charge in [-0.2, -0.15) is 0 Å². The van der Waals surface area contributed by atoms with Crippen molar-refractivity contribution < 1.29 is 14.3 Å². The number of anilines is 1. The van der Waals surface area contributed by atoms with E-state index in [1.165, 1.54) is 23.1 Å². The van der Waals surface area contributed by atoms with Crippen molar-refractivity contribution in [3.8, 4) is 5.75 Å². The molecule has 1 atom stereocenters. The number of carbonyl (C=O) groups excluding carboxylic acids is 2. The lowest BCUT2D eigenvalue weighted by molar-refractivity contribution is -0.121. The number of methoxy groups -OCH3 is 1. The predicted octanol–water partition coefficient (Wildman–Crippen LogP) is 3.39. The van der Waals surface area contributed by atoms with Crippen molar-refractivity contribution >= 4 is 40.0 Å². The van der Waals surface area contributed by atoms with Crippen LogP contribution in [0.5, 0.6) is 5.75 Å². The SMILES string of the molecule is C=CCn1c(SCC(=O)Nc2nc(C)cs2)nnc1C(C)NC(=O)Cc1ccc(OC)cc1. The Morgan fingerprint density at radius 2 is 2.03 bits per heavy atom. The van der Waals surface area contributed by atoms with E-state index in [4.69, 9.17) is 4.74 Å². The zero-order valence-corrected chi connectivity index (χ0v) is 20.3. The number of aryl methyl sites for hydroxylation is 1. The van der Waals surface area contributed by atoms with E-state index < -0.39 is 0 Å². The number of benzene rings is 1. The maximum absolute atomic E-state index is 12.5. The van der Waals surface area contributed by atoms with Crippen LogP contribution in [0.3, 0.4) is 0 Å². The molecular formula is C22H26N6O3S2. The number of hydrogen-bond acceptors (Lipinski definition) is 8. The smallest absolute Gasteiger partial charge is 0.236 e. The van der Waals surface area contributed by atoms with Gasteiger partial charge in [0.15, 0.2) is 16.1 Å². The molecule has 0 aliphatic rings. The Morgan fingerprint density at radius 3 is 2.67 bits per heavy atom. The number of hydrogen-bond donors (Lipinski definition) is 2. The second-order valence-electron chi connectivity index (χ2n) is 7.18. The van der Waals surface area contributed by atoms with Gasteiger partial charge >= 0.3 is 0 Å². The third-order valence-corrected chi connectivity index (χ3v) is 6.39. The lowest BCUT2D eigenvalue weighted by Crippen LogP contribution is -2.30. The van der Waals surface area contributed by atoms with Crippen molar-refractivity contribution in [2.45, 2.75) is 38.0 Å². The van der Waals surface area contributed by atoms with Crippen LogP contribution in [0.25, 0.3) is 0 Å². The number of thiazole rings is 1. The molecule has 1 aromatic carbocycles. The number of rotatable bonds is 11. The van der Waals surface area contributed by atoms with Gasteiger partial charge in [-0.1, -0.05) is 30.0 Å². The van der Waals surface area contributed by atoms with Gasteiger partial charge in [0.25, 0.3) is 0 Å². The molecular weight excluding hydrogens is 460 g/mol. The van der Waals surface area contributed by atoms with Gasteiger partial charge in [-0.25, -0.2) is 4.98 Å². The molecule has 9 nitrogen and oxygen atoms in total. The summed E-state index contributed by atoms with van der Waals surface area (Å²) in [5.74, 6) is 1.19. The van der Waals surface area contributed by atoms with Crippen molar-refractivity contribution in [2.24, 2.45) is 0 Å². The van der Waals surface area contributed by atoms with Crippen molar-refractivity contribution in [1.29, 1.82) is 0 Å². The predicted molar refractivity (Wildman–Crippen MR) is 130 cm³/mol. The first-order valence-corrected chi connectivity index (χ1v) is 12.1. The normalized spacial score (nSPS) is 11.6. The van der Waals surface area contributed by atoms with Gasteiger partial charge in [0.2, 0.25) is 11.8 Å². The largest absolute Gasteiger partial charge is 0.497 e. The summed E-state index contributed by atoms with van der Waals surface area (Å²) in [6.07, 6.45) is 1.96. The van der Waals surface area contributed by atoms with E-state index in [-0.39, 0.29) is 30.0 Å². The van der Waals surface area contributed by atoms with E-state index in [9.17, 15) is 9.59 Å². The fourth-order valence-electron chi connectivity index (χ4n) is 3.01. The van der Waals surface area contributed by atoms with Gasteiger partial charge < -0.3 is 19.9 Å². The summed E-state index contributed by atoms with van der Waals surface area (Å²) in [5, 5.41) is 17.2. The summed E-state index contributed by atoms with van der Waals surface area (Å²) >= 11 is 2.65. The van der Waals surface area contributed by atoms with E-state index in [0.717, 1.165) is 17.0 Å². The molecule has 2 N–H and O–H groups in total. The van der Waals surface area contributed by atoms with Crippen LogP contribution in [0, 0.1) is 6.92 Å². The lowest BCUT2D eigenvalue weighted by Gasteiger charge is -2.15. The first-order chi connectivity index (χ1) is 15.9. The minimum Gasteiger partial charge on any atom is -0.497 e. The molecule has 3 aromatic rings. The molecule has 0 bridgehead atoms. The van der Waals surface area contributed by atoms with Crippen LogP contribution >= 0.6 is 23.1 Å². The van der Waals surface area contributed by atoms with Crippen LogP contribution < -0.4 is 15.4 Å². The highest BCUT2D eigenvalue weighted by Gasteiger charge is 2.20. The molecule has 0 aliphatic carbocycles. The molecule has 0 saturated heterocycles. The minimum absolute atomic E-state index is 0.131. The van der Waals surface area contributed by atoms with Gasteiger partial charge in [0.05, 0.1) is 31.0 Å². The average Bonchev–Trinajstić information content (AvgIpc) is 3.38. The number of carbonyl (C=O) groups is 2. The third kappa shape index (κ3) is 6.90. The number of allylic oxidation sites excluding steroid dienone is 1. The number of amides is 2. The molecule has 11 heteroatoms. The van der Waals surface area contributed by atoms with Gasteiger partial charge in [-0.05, 0) is 31.5 Å². The molecule has 174 valence electrons. The summed E-state index contributed by atoms with van der Waals surface area (Å²) < 4.78 is 6.99. The molecule has 33 heavy (non-hydrogen) atoms. The first kappa shape index (κ1) is 24.5. The monoisotopic (exact) mass is 486 g/mol. The molecule has 0 aliphatic heterocycles. The molecule has 0 spiro atoms. The summed E-state index contributed by atoms with van der Waals surface area (Å²) in [6, 6.07) is 6.99. The number of aromatic nitrogens is 4. The standard InChI is InChI=1S/C22H26N6O3S2/c1-5-10-28-20(15(3)24-18(29)11-16-6-8-17(31-4)9-7-16)26-27-22(28)33-13-19(30)25-21-23-14(2)12-32-21/h5-9,12,15H,1,10-11,13H2,2-4H3,(H,24,29)(H,23,25,30). The highest BCUT2D eigenvalue weighted by molar-refractivity contribution is 7.99. The third-order valence-electron chi connectivity index (χ3n) is 4.54. The quantitative estimate of drug-likeness (QED) is 0.316. The van der Waals surface area contributed by atoms with Gasteiger partial charge in [-0.3, -0.25) is 9.59 Å². The molecule has 3 rings (SSSR count). The van der Waals surface area contributed by atoms with Crippen LogP contribution in [0.15, 0.2) is 47.5 Å². The molecule has 2 heterocycles. The van der Waals surface area contributed by atoms with E-state index in [1.807, 2.05) is 48.1 Å². The zero-order valence-electron chi connectivity index (χ0n) is 18.7. The molecule has 0 saturated carbocycles. The number of nitrogens with one attached hydrogen (secondary N) is 2. The van der Waals surface area contributed by atoms with Crippen LogP contribution in [-0.4, -0.2) is 44.4 Å². The maximum Gasteiger partial charge on any atom is 0.236 e. The number of ether oxygens (including phenoxy) is 1. The summed E-state index contributed by atoms with van der Waals surface area (Å²) in [4.78, 5) is 29.0. The van der Waals surface area contributed by atoms with Crippen LogP contribution in [0.2, 0.25) is 0 Å². The van der Waals surface area contributed by atoms with E-state index in [2.05, 4.69) is 32.4 Å². The first-order valence-electron chi connectivity index (χ1n) is 10.2. The van der Waals surface area contributed by atoms with Gasteiger partial charge in [-0.15, -0.1) is 28.1 Å². The maximum atomic E-state index is 12.5. The second kappa shape index (κ2) is 11.6.